The van der Waals surface area contributed by atoms with E-state index in [2.05, 4.69) is 15.3 Å². The number of carbonyl (C=O) groups excluding carboxylic acids is 2. The monoisotopic (exact) mass is 607 g/mol. The molecule has 3 heterocycles. The highest BCUT2D eigenvalue weighted by molar-refractivity contribution is 6.29. The normalized spacial score (nSPS) is 15.6. The van der Waals surface area contributed by atoms with E-state index in [9.17, 15) is 9.59 Å². The molecule has 11 nitrogen and oxygen atoms in total. The Hall–Kier alpha value is -4.22. The van der Waals surface area contributed by atoms with E-state index in [4.69, 9.17) is 35.6 Å². The summed E-state index contributed by atoms with van der Waals surface area (Å²) in [4.78, 5) is 32.2. The smallest absolute Gasteiger partial charge is 0.407 e. The second-order valence-corrected chi connectivity index (χ2v) is 10.7. The Labute approximate surface area is 254 Å². The Kier molecular flexibility index (Phi) is 10.1. The van der Waals surface area contributed by atoms with Crippen molar-refractivity contribution in [1.82, 2.24) is 25.1 Å². The maximum Gasteiger partial charge on any atom is 0.407 e. The lowest BCUT2D eigenvalue weighted by Gasteiger charge is -2.23. The van der Waals surface area contributed by atoms with Crippen LogP contribution in [0, 0.1) is 0 Å². The summed E-state index contributed by atoms with van der Waals surface area (Å²) in [5.74, 6) is 0.465. The average molecular weight is 608 g/mol. The molecule has 1 N–H and O–H groups in total. The minimum atomic E-state index is -0.476. The number of amides is 1. The number of hydrogen-bond acceptors (Lipinski definition) is 9. The quantitative estimate of drug-likeness (QED) is 0.161. The highest BCUT2D eigenvalue weighted by atomic mass is 35.5. The fourth-order valence-electron chi connectivity index (χ4n) is 4.78. The van der Waals surface area contributed by atoms with Crippen LogP contribution in [0.5, 0.6) is 5.75 Å². The molecule has 2 aromatic heterocycles. The van der Waals surface area contributed by atoms with Crippen LogP contribution in [0.25, 0.3) is 22.3 Å². The molecule has 1 fully saturated rings. The number of nitrogens with zero attached hydrogens (tertiary/aromatic N) is 4. The minimum Gasteiger partial charge on any atom is -0.491 e. The molecule has 0 bridgehead atoms. The largest absolute Gasteiger partial charge is 0.491 e. The predicted octanol–water partition coefficient (Wildman–Crippen LogP) is 5.99. The number of alkyl carbamates (subject to hydrolysis) is 1. The van der Waals surface area contributed by atoms with Crippen LogP contribution in [0.15, 0.2) is 54.6 Å². The van der Waals surface area contributed by atoms with E-state index < -0.39 is 12.1 Å². The molecule has 2 aromatic carbocycles. The van der Waals surface area contributed by atoms with E-state index in [-0.39, 0.29) is 36.5 Å². The predicted molar refractivity (Wildman–Crippen MR) is 159 cm³/mol. The molecule has 5 rings (SSSR count). The number of esters is 1. The van der Waals surface area contributed by atoms with Gasteiger partial charge in [0.2, 0.25) is 0 Å². The standard InChI is InChI=1S/C31H34ClN5O6/c1-20(13-14-33-31(39)42-18-22-8-4-3-5-9-22)43-23-11-12-26-24(16-23)30(36-37(26)29-10-6-7-15-40-29)25-17-27(32)35-28(34-25)19-41-21(2)38/h3-5,8-9,11-12,16-17,20,29H,6-7,10,13-15,18-19H2,1-2H3,(H,33,39)/t20-,29?/m1/s1. The number of ether oxygens (including phenoxy) is 4. The number of fused-ring (bicyclic) bond motifs is 1. The summed E-state index contributed by atoms with van der Waals surface area (Å²) in [5, 5.41) is 8.69. The van der Waals surface area contributed by atoms with Crippen LogP contribution in [0.1, 0.15) is 57.1 Å². The number of aromatic nitrogens is 4. The van der Waals surface area contributed by atoms with E-state index in [0.29, 0.717) is 36.7 Å². The van der Waals surface area contributed by atoms with Crippen LogP contribution in [-0.4, -0.2) is 51.1 Å². The van der Waals surface area contributed by atoms with Gasteiger partial charge in [-0.3, -0.25) is 4.79 Å². The van der Waals surface area contributed by atoms with Crippen molar-refractivity contribution in [2.45, 2.75) is 65.1 Å². The van der Waals surface area contributed by atoms with Gasteiger partial charge in [0.25, 0.3) is 0 Å². The molecule has 4 aromatic rings. The van der Waals surface area contributed by atoms with Gasteiger partial charge in [0.05, 0.1) is 17.3 Å². The summed E-state index contributed by atoms with van der Waals surface area (Å²) in [5.41, 5.74) is 2.86. The van der Waals surface area contributed by atoms with Crippen molar-refractivity contribution in [3.8, 4) is 17.1 Å². The molecule has 226 valence electrons. The van der Waals surface area contributed by atoms with Gasteiger partial charge in [-0.2, -0.15) is 5.10 Å². The van der Waals surface area contributed by atoms with Crippen LogP contribution in [0.3, 0.4) is 0 Å². The number of nitrogens with one attached hydrogen (secondary N) is 1. The van der Waals surface area contributed by atoms with Crippen molar-refractivity contribution in [3.63, 3.8) is 0 Å². The average Bonchev–Trinajstić information content (AvgIpc) is 3.39. The Morgan fingerprint density at radius 1 is 1.09 bits per heavy atom. The molecular formula is C31H34ClN5O6. The zero-order valence-corrected chi connectivity index (χ0v) is 24.9. The maximum atomic E-state index is 12.1. The van der Waals surface area contributed by atoms with E-state index in [1.165, 1.54) is 6.92 Å². The maximum absolute atomic E-state index is 12.1. The first-order valence-electron chi connectivity index (χ1n) is 14.3. The van der Waals surface area contributed by atoms with Crippen molar-refractivity contribution in [2.24, 2.45) is 0 Å². The van der Waals surface area contributed by atoms with E-state index in [1.807, 2.05) is 60.1 Å². The summed E-state index contributed by atoms with van der Waals surface area (Å²) in [6.45, 7) is 4.42. The lowest BCUT2D eigenvalue weighted by Crippen LogP contribution is -2.28. The third kappa shape index (κ3) is 8.20. The van der Waals surface area contributed by atoms with Gasteiger partial charge in [-0.05, 0) is 49.9 Å². The third-order valence-corrected chi connectivity index (χ3v) is 7.06. The molecule has 1 aliphatic rings. The van der Waals surface area contributed by atoms with Crippen molar-refractivity contribution in [3.05, 3.63) is 71.1 Å². The van der Waals surface area contributed by atoms with Crippen LogP contribution in [0.2, 0.25) is 5.15 Å². The summed E-state index contributed by atoms with van der Waals surface area (Å²) < 4.78 is 24.5. The molecular weight excluding hydrogens is 574 g/mol. The second kappa shape index (κ2) is 14.3. The molecule has 12 heteroatoms. The molecule has 43 heavy (non-hydrogen) atoms. The van der Waals surface area contributed by atoms with Crippen LogP contribution < -0.4 is 10.1 Å². The Morgan fingerprint density at radius 3 is 2.70 bits per heavy atom. The van der Waals surface area contributed by atoms with Gasteiger partial charge in [-0.25, -0.2) is 19.4 Å². The molecule has 1 aliphatic heterocycles. The van der Waals surface area contributed by atoms with Gasteiger partial charge in [0.1, 0.15) is 23.2 Å². The Balaban J connectivity index is 1.31. The van der Waals surface area contributed by atoms with Crippen LogP contribution >= 0.6 is 11.6 Å². The van der Waals surface area contributed by atoms with Gasteiger partial charge >= 0.3 is 12.1 Å². The summed E-state index contributed by atoms with van der Waals surface area (Å²) in [6.07, 6.45) is 2.59. The minimum absolute atomic E-state index is 0.104. The number of rotatable bonds is 11. The summed E-state index contributed by atoms with van der Waals surface area (Å²) in [6, 6.07) is 16.9. The molecule has 1 unspecified atom stereocenters. The topological polar surface area (TPSA) is 127 Å². The number of benzene rings is 2. The molecule has 1 saturated heterocycles. The zero-order valence-electron chi connectivity index (χ0n) is 24.1. The Morgan fingerprint density at radius 2 is 1.93 bits per heavy atom. The van der Waals surface area contributed by atoms with Crippen molar-refractivity contribution in [1.29, 1.82) is 0 Å². The summed E-state index contributed by atoms with van der Waals surface area (Å²) in [7, 11) is 0. The van der Waals surface area contributed by atoms with Gasteiger partial charge in [0, 0.05) is 37.9 Å². The number of carbonyl (C=O) groups is 2. The van der Waals surface area contributed by atoms with Crippen molar-refractivity contribution >= 4 is 34.6 Å². The molecule has 0 radical (unpaired) electrons. The fraction of sp³-hybridized carbons (Fsp3) is 0.387. The molecule has 2 atom stereocenters. The van der Waals surface area contributed by atoms with Gasteiger partial charge in [0.15, 0.2) is 18.7 Å². The van der Waals surface area contributed by atoms with Gasteiger partial charge < -0.3 is 24.3 Å². The number of hydrogen-bond donors (Lipinski definition) is 1. The van der Waals surface area contributed by atoms with E-state index >= 15 is 0 Å². The SMILES string of the molecule is CC(=O)OCc1nc(Cl)cc(-c2nn(C3CCCCO3)c3ccc(O[C@H](C)CCNC(=O)OCc4ccccc4)cc23)n1. The highest BCUT2D eigenvalue weighted by Gasteiger charge is 2.23. The number of halogens is 1. The fourth-order valence-corrected chi connectivity index (χ4v) is 4.98. The van der Waals surface area contributed by atoms with Crippen molar-refractivity contribution in [2.75, 3.05) is 13.2 Å². The van der Waals surface area contributed by atoms with Crippen LogP contribution in [0.4, 0.5) is 4.79 Å². The first-order valence-corrected chi connectivity index (χ1v) is 14.7. The summed E-state index contributed by atoms with van der Waals surface area (Å²) >= 11 is 6.33. The van der Waals surface area contributed by atoms with Crippen molar-refractivity contribution < 1.29 is 28.5 Å². The lowest BCUT2D eigenvalue weighted by molar-refractivity contribution is -0.142. The third-order valence-electron chi connectivity index (χ3n) is 6.86. The Bertz CT molecular complexity index is 1560. The van der Waals surface area contributed by atoms with Crippen LogP contribution in [-0.2, 0) is 32.2 Å². The molecule has 0 aliphatic carbocycles. The van der Waals surface area contributed by atoms with Gasteiger partial charge in [-0.1, -0.05) is 41.9 Å². The van der Waals surface area contributed by atoms with E-state index in [0.717, 1.165) is 35.7 Å². The molecule has 0 saturated carbocycles. The lowest BCUT2D eigenvalue weighted by atomic mass is 10.1. The van der Waals surface area contributed by atoms with E-state index in [1.54, 1.807) is 6.07 Å². The molecule has 1 amide bonds. The zero-order chi connectivity index (χ0) is 30.2. The second-order valence-electron chi connectivity index (χ2n) is 10.3. The first kappa shape index (κ1) is 30.2. The van der Waals surface area contributed by atoms with Gasteiger partial charge in [-0.15, -0.1) is 0 Å². The first-order chi connectivity index (χ1) is 20.9. The molecule has 0 spiro atoms. The highest BCUT2D eigenvalue weighted by Crippen LogP contribution is 2.35.